The molecule has 2 rings (SSSR count). The number of nitrogens with zero attached hydrogens (tertiary/aromatic N) is 2. The van der Waals surface area contributed by atoms with Crippen LogP contribution in [0.5, 0.6) is 0 Å². The number of hydrazone groups is 1. The smallest absolute Gasteiger partial charge is 0.337 e. The lowest BCUT2D eigenvalue weighted by Gasteiger charge is -2.03. The molecule has 0 aromatic heterocycles. The van der Waals surface area contributed by atoms with E-state index in [0.717, 1.165) is 0 Å². The van der Waals surface area contributed by atoms with E-state index in [1.807, 2.05) is 0 Å². The number of hydrogen-bond donors (Lipinski definition) is 2. The van der Waals surface area contributed by atoms with Gasteiger partial charge >= 0.3 is 5.97 Å². The molecule has 0 heterocycles. The van der Waals surface area contributed by atoms with Crippen molar-refractivity contribution < 1.29 is 14.8 Å². The molecular weight excluding hydrogens is 345 g/mol. The first-order chi connectivity index (χ1) is 10.9. The molecule has 0 bridgehead atoms. The van der Waals surface area contributed by atoms with Crippen LogP contribution in [0.15, 0.2) is 41.5 Å². The summed E-state index contributed by atoms with van der Waals surface area (Å²) in [5, 5.41) is 23.8. The second-order valence-electron chi connectivity index (χ2n) is 4.34. The summed E-state index contributed by atoms with van der Waals surface area (Å²) in [4.78, 5) is 21.2. The molecule has 0 unspecified atom stereocenters. The summed E-state index contributed by atoms with van der Waals surface area (Å²) in [6.45, 7) is 0. The molecule has 0 radical (unpaired) electrons. The molecule has 23 heavy (non-hydrogen) atoms. The number of carboxylic acids is 1. The van der Waals surface area contributed by atoms with Gasteiger partial charge in [0.15, 0.2) is 0 Å². The van der Waals surface area contributed by atoms with Gasteiger partial charge in [-0.1, -0.05) is 29.3 Å². The average Bonchev–Trinajstić information content (AvgIpc) is 2.50. The minimum Gasteiger partial charge on any atom is -0.478 e. The SMILES string of the molecule is O=C(O)c1cc(N/N=C/c2ccc(Cl)c([N+](=O)[O-])c2)ccc1Cl. The Balaban J connectivity index is 2.16. The van der Waals surface area contributed by atoms with E-state index in [2.05, 4.69) is 10.5 Å². The summed E-state index contributed by atoms with van der Waals surface area (Å²) in [6, 6.07) is 8.54. The van der Waals surface area contributed by atoms with Crippen LogP contribution in [0.3, 0.4) is 0 Å². The molecular formula is C14H9Cl2N3O4. The molecule has 0 aliphatic heterocycles. The van der Waals surface area contributed by atoms with Gasteiger partial charge in [-0.05, 0) is 24.3 Å². The molecule has 7 nitrogen and oxygen atoms in total. The Morgan fingerprint density at radius 1 is 1.22 bits per heavy atom. The average molecular weight is 354 g/mol. The predicted molar refractivity (Wildman–Crippen MR) is 87.7 cm³/mol. The van der Waals surface area contributed by atoms with Crippen LogP contribution in [0.1, 0.15) is 15.9 Å². The van der Waals surface area contributed by atoms with Crippen LogP contribution in [-0.2, 0) is 0 Å². The molecule has 0 amide bonds. The minimum atomic E-state index is -1.16. The van der Waals surface area contributed by atoms with E-state index in [9.17, 15) is 14.9 Å². The van der Waals surface area contributed by atoms with Crippen molar-refractivity contribution in [3.8, 4) is 0 Å². The number of nitrogens with one attached hydrogen (secondary N) is 1. The Labute approximate surface area is 140 Å². The van der Waals surface area contributed by atoms with Crippen LogP contribution in [-0.4, -0.2) is 22.2 Å². The zero-order chi connectivity index (χ0) is 17.0. The second kappa shape index (κ2) is 7.08. The number of rotatable bonds is 5. The molecule has 0 atom stereocenters. The summed E-state index contributed by atoms with van der Waals surface area (Å²) in [7, 11) is 0. The maximum Gasteiger partial charge on any atom is 0.337 e. The summed E-state index contributed by atoms with van der Waals surface area (Å²) < 4.78 is 0. The molecule has 0 aliphatic rings. The van der Waals surface area contributed by atoms with Gasteiger partial charge in [-0.2, -0.15) is 5.10 Å². The van der Waals surface area contributed by atoms with E-state index in [1.165, 1.54) is 30.5 Å². The van der Waals surface area contributed by atoms with Crippen molar-refractivity contribution in [2.75, 3.05) is 5.43 Å². The van der Waals surface area contributed by atoms with Gasteiger partial charge < -0.3 is 5.11 Å². The van der Waals surface area contributed by atoms with Gasteiger partial charge in [-0.25, -0.2) is 4.79 Å². The number of carbonyl (C=O) groups is 1. The highest BCUT2D eigenvalue weighted by atomic mass is 35.5. The molecule has 2 aromatic rings. The van der Waals surface area contributed by atoms with Gasteiger partial charge in [0.05, 0.1) is 27.4 Å². The number of aromatic carboxylic acids is 1. The molecule has 2 N–H and O–H groups in total. The monoisotopic (exact) mass is 353 g/mol. The van der Waals surface area contributed by atoms with Gasteiger partial charge in [0.2, 0.25) is 0 Å². The maximum atomic E-state index is 11.0. The number of halogens is 2. The Kier molecular flexibility index (Phi) is 5.15. The van der Waals surface area contributed by atoms with E-state index in [4.69, 9.17) is 28.3 Å². The van der Waals surface area contributed by atoms with Gasteiger partial charge in [0, 0.05) is 11.6 Å². The highest BCUT2D eigenvalue weighted by Crippen LogP contribution is 2.24. The number of nitro benzene ring substituents is 1. The first kappa shape index (κ1) is 16.7. The summed E-state index contributed by atoms with van der Waals surface area (Å²) in [5.74, 6) is -1.16. The van der Waals surface area contributed by atoms with Gasteiger partial charge in [-0.3, -0.25) is 15.5 Å². The minimum absolute atomic E-state index is 0.0314. The largest absolute Gasteiger partial charge is 0.478 e. The van der Waals surface area contributed by atoms with Crippen LogP contribution in [0.4, 0.5) is 11.4 Å². The van der Waals surface area contributed by atoms with Crippen molar-refractivity contribution in [2.45, 2.75) is 0 Å². The van der Waals surface area contributed by atoms with Crippen molar-refractivity contribution in [3.63, 3.8) is 0 Å². The van der Waals surface area contributed by atoms with Crippen molar-refractivity contribution >= 4 is 46.8 Å². The Bertz CT molecular complexity index is 809. The number of hydrogen-bond acceptors (Lipinski definition) is 5. The number of anilines is 1. The zero-order valence-electron chi connectivity index (χ0n) is 11.4. The van der Waals surface area contributed by atoms with Crippen LogP contribution in [0, 0.1) is 10.1 Å². The third-order valence-electron chi connectivity index (χ3n) is 2.77. The van der Waals surface area contributed by atoms with Crippen LogP contribution in [0.25, 0.3) is 0 Å². The Hall–Kier alpha value is -2.64. The van der Waals surface area contributed by atoms with Crippen LogP contribution in [0.2, 0.25) is 10.0 Å². The van der Waals surface area contributed by atoms with E-state index in [0.29, 0.717) is 11.3 Å². The third kappa shape index (κ3) is 4.18. The Morgan fingerprint density at radius 3 is 2.57 bits per heavy atom. The molecule has 0 spiro atoms. The molecule has 9 heteroatoms. The fraction of sp³-hybridized carbons (Fsp3) is 0. The topological polar surface area (TPSA) is 105 Å². The lowest BCUT2D eigenvalue weighted by molar-refractivity contribution is -0.384. The first-order valence-corrected chi connectivity index (χ1v) is 6.90. The highest BCUT2D eigenvalue weighted by molar-refractivity contribution is 6.33. The number of carboxylic acid groups (broad SMARTS) is 1. The van der Waals surface area contributed by atoms with Crippen LogP contribution >= 0.6 is 23.2 Å². The Morgan fingerprint density at radius 2 is 1.91 bits per heavy atom. The first-order valence-electron chi connectivity index (χ1n) is 6.14. The third-order valence-corrected chi connectivity index (χ3v) is 3.42. The van der Waals surface area contributed by atoms with E-state index >= 15 is 0 Å². The highest BCUT2D eigenvalue weighted by Gasteiger charge is 2.12. The zero-order valence-corrected chi connectivity index (χ0v) is 12.9. The van der Waals surface area contributed by atoms with Crippen molar-refractivity contribution in [1.82, 2.24) is 0 Å². The molecule has 2 aromatic carbocycles. The summed E-state index contributed by atoms with van der Waals surface area (Å²) in [6.07, 6.45) is 1.35. The van der Waals surface area contributed by atoms with E-state index in [1.54, 1.807) is 12.1 Å². The molecule has 118 valence electrons. The van der Waals surface area contributed by atoms with Crippen molar-refractivity contribution in [2.24, 2.45) is 5.10 Å². The normalized spacial score (nSPS) is 10.7. The number of nitro groups is 1. The quantitative estimate of drug-likeness (QED) is 0.479. The standard InChI is InChI=1S/C14H9Cl2N3O4/c15-11-4-2-9(6-10(11)14(20)21)18-17-7-8-1-3-12(16)13(5-8)19(22)23/h1-7,18H,(H,20,21)/b17-7+. The van der Waals surface area contributed by atoms with Crippen molar-refractivity contribution in [3.05, 3.63) is 67.7 Å². The summed E-state index contributed by atoms with van der Waals surface area (Å²) >= 11 is 11.5. The lowest BCUT2D eigenvalue weighted by atomic mass is 10.2. The fourth-order valence-corrected chi connectivity index (χ4v) is 2.07. The van der Waals surface area contributed by atoms with Gasteiger partial charge in [0.25, 0.3) is 5.69 Å². The van der Waals surface area contributed by atoms with Crippen LogP contribution < -0.4 is 5.43 Å². The number of benzene rings is 2. The van der Waals surface area contributed by atoms with Gasteiger partial charge in [0.1, 0.15) is 5.02 Å². The molecule has 0 saturated carbocycles. The van der Waals surface area contributed by atoms with E-state index < -0.39 is 10.9 Å². The summed E-state index contributed by atoms with van der Waals surface area (Å²) in [5.41, 5.74) is 3.20. The maximum absolute atomic E-state index is 11.0. The van der Waals surface area contributed by atoms with Gasteiger partial charge in [-0.15, -0.1) is 0 Å². The predicted octanol–water partition coefficient (Wildman–Crippen LogP) is 4.05. The lowest BCUT2D eigenvalue weighted by Crippen LogP contribution is -1.99. The van der Waals surface area contributed by atoms with E-state index in [-0.39, 0.29) is 21.3 Å². The molecule has 0 aliphatic carbocycles. The second-order valence-corrected chi connectivity index (χ2v) is 5.15. The molecule has 0 fully saturated rings. The fourth-order valence-electron chi connectivity index (χ4n) is 1.69. The molecule has 0 saturated heterocycles. The van der Waals surface area contributed by atoms with Crippen molar-refractivity contribution in [1.29, 1.82) is 0 Å².